The van der Waals surface area contributed by atoms with Crippen molar-refractivity contribution < 1.29 is 17.9 Å². The molecule has 1 aromatic heterocycles. The second-order valence-electron chi connectivity index (χ2n) is 3.98. The SMILES string of the molecule is FC(F)(F)c1ccc(N2CCOCC2CCl)nc1. The van der Waals surface area contributed by atoms with E-state index in [9.17, 15) is 13.2 Å². The van der Waals surface area contributed by atoms with Crippen LogP contribution in [0.5, 0.6) is 0 Å². The van der Waals surface area contributed by atoms with E-state index in [2.05, 4.69) is 4.98 Å². The molecule has 7 heteroatoms. The normalized spacial score (nSPS) is 21.1. The number of nitrogens with zero attached hydrogens (tertiary/aromatic N) is 2. The van der Waals surface area contributed by atoms with E-state index in [0.717, 1.165) is 12.3 Å². The zero-order valence-electron chi connectivity index (χ0n) is 9.45. The minimum atomic E-state index is -4.36. The molecule has 0 amide bonds. The summed E-state index contributed by atoms with van der Waals surface area (Å²) in [5, 5.41) is 0. The van der Waals surface area contributed by atoms with Crippen LogP contribution in [0.2, 0.25) is 0 Å². The fourth-order valence-electron chi connectivity index (χ4n) is 1.81. The molecule has 1 atom stereocenters. The van der Waals surface area contributed by atoms with Crippen LogP contribution in [0.25, 0.3) is 0 Å². The third kappa shape index (κ3) is 2.87. The fourth-order valence-corrected chi connectivity index (χ4v) is 2.06. The van der Waals surface area contributed by atoms with E-state index in [-0.39, 0.29) is 6.04 Å². The van der Waals surface area contributed by atoms with Crippen LogP contribution in [0.3, 0.4) is 0 Å². The molecule has 3 nitrogen and oxygen atoms in total. The number of alkyl halides is 4. The Hall–Kier alpha value is -1.01. The molecule has 1 aromatic rings. The van der Waals surface area contributed by atoms with Crippen molar-refractivity contribution in [2.45, 2.75) is 12.2 Å². The van der Waals surface area contributed by atoms with Gasteiger partial charge in [0.05, 0.1) is 24.8 Å². The van der Waals surface area contributed by atoms with Crippen molar-refractivity contribution >= 4 is 17.4 Å². The molecular weight excluding hydrogens is 269 g/mol. The number of aromatic nitrogens is 1. The maximum Gasteiger partial charge on any atom is 0.417 e. The quantitative estimate of drug-likeness (QED) is 0.779. The molecule has 1 aliphatic heterocycles. The van der Waals surface area contributed by atoms with E-state index in [0.29, 0.717) is 31.5 Å². The molecule has 2 rings (SSSR count). The van der Waals surface area contributed by atoms with Gasteiger partial charge >= 0.3 is 6.18 Å². The van der Waals surface area contributed by atoms with E-state index in [1.807, 2.05) is 4.90 Å². The number of anilines is 1. The number of hydrogen-bond donors (Lipinski definition) is 0. The number of halogens is 4. The van der Waals surface area contributed by atoms with Crippen LogP contribution >= 0.6 is 11.6 Å². The topological polar surface area (TPSA) is 25.4 Å². The molecule has 18 heavy (non-hydrogen) atoms. The molecule has 0 spiro atoms. The number of pyridine rings is 1. The molecule has 2 heterocycles. The molecule has 100 valence electrons. The average Bonchev–Trinajstić information content (AvgIpc) is 2.38. The molecule has 1 saturated heterocycles. The monoisotopic (exact) mass is 280 g/mol. The Bertz CT molecular complexity index is 396. The van der Waals surface area contributed by atoms with Gasteiger partial charge in [-0.3, -0.25) is 0 Å². The number of rotatable bonds is 2. The van der Waals surface area contributed by atoms with Gasteiger partial charge in [-0.15, -0.1) is 11.6 Å². The van der Waals surface area contributed by atoms with Crippen molar-refractivity contribution in [2.75, 3.05) is 30.5 Å². The summed E-state index contributed by atoms with van der Waals surface area (Å²) in [5.74, 6) is 0.847. The van der Waals surface area contributed by atoms with Crippen molar-refractivity contribution in [1.29, 1.82) is 0 Å². The zero-order valence-corrected chi connectivity index (χ0v) is 10.2. The van der Waals surface area contributed by atoms with Crippen LogP contribution in [0.15, 0.2) is 18.3 Å². The molecule has 1 aliphatic rings. The van der Waals surface area contributed by atoms with Crippen LogP contribution in [0.4, 0.5) is 19.0 Å². The molecule has 0 aromatic carbocycles. The van der Waals surface area contributed by atoms with Crippen molar-refractivity contribution in [3.63, 3.8) is 0 Å². The lowest BCUT2D eigenvalue weighted by Crippen LogP contribution is -2.47. The summed E-state index contributed by atoms with van der Waals surface area (Å²) in [6, 6.07) is 2.35. The molecule has 0 radical (unpaired) electrons. The number of ether oxygens (including phenoxy) is 1. The highest BCUT2D eigenvalue weighted by Gasteiger charge is 2.31. The predicted molar refractivity (Wildman–Crippen MR) is 61.9 cm³/mol. The Balaban J connectivity index is 2.18. The highest BCUT2D eigenvalue weighted by atomic mass is 35.5. The Morgan fingerprint density at radius 1 is 1.44 bits per heavy atom. The Labute approximate surface area is 108 Å². The molecule has 0 aliphatic carbocycles. The molecular formula is C11H12ClF3N2O. The summed E-state index contributed by atoms with van der Waals surface area (Å²) >= 11 is 5.80. The maximum absolute atomic E-state index is 12.4. The highest BCUT2D eigenvalue weighted by Crippen LogP contribution is 2.29. The van der Waals surface area contributed by atoms with Crippen LogP contribution in [0.1, 0.15) is 5.56 Å². The second-order valence-corrected chi connectivity index (χ2v) is 4.29. The first-order chi connectivity index (χ1) is 8.52. The summed E-state index contributed by atoms with van der Waals surface area (Å²) in [6.45, 7) is 1.57. The lowest BCUT2D eigenvalue weighted by molar-refractivity contribution is -0.137. The fraction of sp³-hybridized carbons (Fsp3) is 0.545. The minimum Gasteiger partial charge on any atom is -0.377 e. The van der Waals surface area contributed by atoms with Crippen LogP contribution in [-0.2, 0) is 10.9 Å². The number of morpholine rings is 1. The minimum absolute atomic E-state index is 0.0512. The first-order valence-electron chi connectivity index (χ1n) is 5.46. The van der Waals surface area contributed by atoms with Gasteiger partial charge in [0, 0.05) is 18.6 Å². The van der Waals surface area contributed by atoms with Gasteiger partial charge in [0.25, 0.3) is 0 Å². The van der Waals surface area contributed by atoms with Gasteiger partial charge in [0.15, 0.2) is 0 Å². The van der Waals surface area contributed by atoms with Gasteiger partial charge in [-0.25, -0.2) is 4.98 Å². The van der Waals surface area contributed by atoms with Gasteiger partial charge < -0.3 is 9.64 Å². The third-order valence-corrected chi connectivity index (χ3v) is 3.13. The van der Waals surface area contributed by atoms with Crippen molar-refractivity contribution in [3.8, 4) is 0 Å². The van der Waals surface area contributed by atoms with E-state index in [4.69, 9.17) is 16.3 Å². The first kappa shape index (κ1) is 13.4. The average molecular weight is 281 g/mol. The summed E-state index contributed by atoms with van der Waals surface area (Å²) in [7, 11) is 0. The van der Waals surface area contributed by atoms with E-state index in [1.165, 1.54) is 6.07 Å². The summed E-state index contributed by atoms with van der Waals surface area (Å²) in [6.07, 6.45) is -3.52. The standard InChI is InChI=1S/C11H12ClF3N2O/c12-5-9-7-18-4-3-17(9)10-2-1-8(6-16-10)11(13,14)15/h1-2,6,9H,3-5,7H2. The molecule has 0 N–H and O–H groups in total. The molecule has 0 saturated carbocycles. The van der Waals surface area contributed by atoms with Crippen LogP contribution in [0, 0.1) is 0 Å². The first-order valence-corrected chi connectivity index (χ1v) is 5.99. The van der Waals surface area contributed by atoms with E-state index in [1.54, 1.807) is 0 Å². The van der Waals surface area contributed by atoms with Gasteiger partial charge in [-0.2, -0.15) is 13.2 Å². The summed E-state index contributed by atoms with van der Waals surface area (Å²) < 4.78 is 42.5. The predicted octanol–water partition coefficient (Wildman–Crippen LogP) is 2.54. The van der Waals surface area contributed by atoms with Gasteiger partial charge in [-0.05, 0) is 12.1 Å². The van der Waals surface area contributed by atoms with E-state index >= 15 is 0 Å². The van der Waals surface area contributed by atoms with Gasteiger partial charge in [0.1, 0.15) is 5.82 Å². The Morgan fingerprint density at radius 3 is 2.78 bits per heavy atom. The summed E-state index contributed by atoms with van der Waals surface area (Å²) in [5.41, 5.74) is -0.748. The lowest BCUT2D eigenvalue weighted by atomic mass is 10.2. The maximum atomic E-state index is 12.4. The van der Waals surface area contributed by atoms with Crippen molar-refractivity contribution in [1.82, 2.24) is 4.98 Å². The van der Waals surface area contributed by atoms with Crippen molar-refractivity contribution in [2.24, 2.45) is 0 Å². The van der Waals surface area contributed by atoms with Crippen molar-refractivity contribution in [3.05, 3.63) is 23.9 Å². The molecule has 1 unspecified atom stereocenters. The highest BCUT2D eigenvalue weighted by molar-refractivity contribution is 6.18. The third-order valence-electron chi connectivity index (χ3n) is 2.78. The van der Waals surface area contributed by atoms with Crippen LogP contribution in [-0.4, -0.2) is 36.7 Å². The zero-order chi connectivity index (χ0) is 13.2. The smallest absolute Gasteiger partial charge is 0.377 e. The largest absolute Gasteiger partial charge is 0.417 e. The molecule has 1 fully saturated rings. The molecule has 0 bridgehead atoms. The summed E-state index contributed by atoms with van der Waals surface area (Å²) in [4.78, 5) is 5.73. The Morgan fingerprint density at radius 2 is 2.22 bits per heavy atom. The van der Waals surface area contributed by atoms with Gasteiger partial charge in [-0.1, -0.05) is 0 Å². The lowest BCUT2D eigenvalue weighted by Gasteiger charge is -2.35. The second kappa shape index (κ2) is 5.32. The van der Waals surface area contributed by atoms with Gasteiger partial charge in [0.2, 0.25) is 0 Å². The number of hydrogen-bond acceptors (Lipinski definition) is 3. The Kier molecular flexibility index (Phi) is 3.97. The van der Waals surface area contributed by atoms with Crippen LogP contribution < -0.4 is 4.90 Å². The van der Waals surface area contributed by atoms with E-state index < -0.39 is 11.7 Å².